The van der Waals surface area contributed by atoms with Gasteiger partial charge in [-0.3, -0.25) is 4.79 Å². The Kier molecular flexibility index (Phi) is 4.82. The highest BCUT2D eigenvalue weighted by Crippen LogP contribution is 2.17. The molecule has 0 bridgehead atoms. The number of hydrogen-bond acceptors (Lipinski definition) is 4. The number of halogens is 1. The van der Waals surface area contributed by atoms with Gasteiger partial charge in [-0.05, 0) is 42.3 Å². The second-order valence-corrected chi connectivity index (χ2v) is 6.36. The lowest BCUT2D eigenvalue weighted by Gasteiger charge is -2.19. The summed E-state index contributed by atoms with van der Waals surface area (Å²) in [6, 6.07) is 7.70. The summed E-state index contributed by atoms with van der Waals surface area (Å²) in [5.41, 5.74) is 0.886. The van der Waals surface area contributed by atoms with E-state index in [2.05, 4.69) is 31.3 Å². The van der Waals surface area contributed by atoms with Crippen molar-refractivity contribution in [2.45, 2.75) is 32.2 Å². The zero-order chi connectivity index (χ0) is 15.4. The third-order valence-corrected chi connectivity index (χ3v) is 4.32. The summed E-state index contributed by atoms with van der Waals surface area (Å²) < 4.78 is 1.000. The monoisotopic (exact) mass is 363 g/mol. The van der Waals surface area contributed by atoms with Crippen LogP contribution in [0.2, 0.25) is 0 Å². The maximum absolute atomic E-state index is 12.3. The minimum atomic E-state index is 0.0710. The molecule has 7 heteroatoms. The second-order valence-electron chi connectivity index (χ2n) is 5.45. The molecule has 1 saturated heterocycles. The van der Waals surface area contributed by atoms with E-state index in [-0.39, 0.29) is 12.5 Å². The Bertz CT molecular complexity index is 632. The molecule has 2 heterocycles. The van der Waals surface area contributed by atoms with Crippen molar-refractivity contribution in [2.75, 3.05) is 13.1 Å². The standard InChI is InChI=1S/C15H18BrN5O/c16-13-7-5-12(6-8-13)15-17-19-21(18-15)11-14(22)20-9-3-1-2-4-10-20/h5-8H,1-4,9-11H2. The van der Waals surface area contributed by atoms with Gasteiger partial charge in [0, 0.05) is 23.1 Å². The van der Waals surface area contributed by atoms with E-state index in [1.165, 1.54) is 17.6 Å². The average Bonchev–Trinajstić information content (AvgIpc) is 2.81. The van der Waals surface area contributed by atoms with E-state index in [1.54, 1.807) is 0 Å². The van der Waals surface area contributed by atoms with Crippen molar-refractivity contribution in [3.63, 3.8) is 0 Å². The molecule has 116 valence electrons. The van der Waals surface area contributed by atoms with Gasteiger partial charge in [-0.25, -0.2) is 0 Å². The first-order chi connectivity index (χ1) is 10.7. The van der Waals surface area contributed by atoms with Gasteiger partial charge in [0.15, 0.2) is 0 Å². The molecule has 1 aliphatic heterocycles. The molecule has 1 fully saturated rings. The van der Waals surface area contributed by atoms with Gasteiger partial charge in [0.1, 0.15) is 6.54 Å². The normalized spacial score (nSPS) is 15.6. The van der Waals surface area contributed by atoms with E-state index >= 15 is 0 Å². The zero-order valence-electron chi connectivity index (χ0n) is 12.3. The van der Waals surface area contributed by atoms with Crippen molar-refractivity contribution in [1.29, 1.82) is 0 Å². The SMILES string of the molecule is O=C(Cn1nnc(-c2ccc(Br)cc2)n1)N1CCCCCC1. The Hall–Kier alpha value is -1.76. The van der Waals surface area contributed by atoms with Gasteiger partial charge in [0.25, 0.3) is 0 Å². The van der Waals surface area contributed by atoms with E-state index in [9.17, 15) is 4.79 Å². The number of benzene rings is 1. The maximum Gasteiger partial charge on any atom is 0.246 e. The molecule has 0 atom stereocenters. The van der Waals surface area contributed by atoms with E-state index in [1.807, 2.05) is 29.2 Å². The quantitative estimate of drug-likeness (QED) is 0.840. The Morgan fingerprint density at radius 1 is 1.09 bits per heavy atom. The van der Waals surface area contributed by atoms with Gasteiger partial charge in [-0.2, -0.15) is 4.80 Å². The van der Waals surface area contributed by atoms with Crippen molar-refractivity contribution in [3.8, 4) is 11.4 Å². The molecule has 0 saturated carbocycles. The third-order valence-electron chi connectivity index (χ3n) is 3.79. The molecule has 22 heavy (non-hydrogen) atoms. The largest absolute Gasteiger partial charge is 0.341 e. The number of nitrogens with zero attached hydrogens (tertiary/aromatic N) is 5. The Labute approximate surface area is 137 Å². The first kappa shape index (κ1) is 15.1. The Morgan fingerprint density at radius 3 is 2.45 bits per heavy atom. The van der Waals surface area contributed by atoms with Crippen molar-refractivity contribution in [1.82, 2.24) is 25.1 Å². The summed E-state index contributed by atoms with van der Waals surface area (Å²) in [5, 5.41) is 12.3. The van der Waals surface area contributed by atoms with Crippen LogP contribution in [-0.2, 0) is 11.3 Å². The minimum absolute atomic E-state index is 0.0710. The zero-order valence-corrected chi connectivity index (χ0v) is 13.9. The minimum Gasteiger partial charge on any atom is -0.341 e. The highest BCUT2D eigenvalue weighted by molar-refractivity contribution is 9.10. The van der Waals surface area contributed by atoms with Crippen LogP contribution in [0.25, 0.3) is 11.4 Å². The molecule has 2 aromatic rings. The van der Waals surface area contributed by atoms with Gasteiger partial charge >= 0.3 is 0 Å². The van der Waals surface area contributed by atoms with Crippen LogP contribution in [0, 0.1) is 0 Å². The van der Waals surface area contributed by atoms with Crippen LogP contribution in [0.15, 0.2) is 28.7 Å². The van der Waals surface area contributed by atoms with Crippen LogP contribution in [0.1, 0.15) is 25.7 Å². The number of tetrazole rings is 1. The van der Waals surface area contributed by atoms with Crippen LogP contribution in [-0.4, -0.2) is 44.1 Å². The van der Waals surface area contributed by atoms with Crippen LogP contribution in [0.5, 0.6) is 0 Å². The molecule has 6 nitrogen and oxygen atoms in total. The maximum atomic E-state index is 12.3. The lowest BCUT2D eigenvalue weighted by Crippen LogP contribution is -2.35. The van der Waals surface area contributed by atoms with E-state index in [4.69, 9.17) is 0 Å². The van der Waals surface area contributed by atoms with Crippen LogP contribution >= 0.6 is 15.9 Å². The fraction of sp³-hybridized carbons (Fsp3) is 0.467. The molecule has 0 spiro atoms. The van der Waals surface area contributed by atoms with Crippen LogP contribution < -0.4 is 0 Å². The highest BCUT2D eigenvalue weighted by Gasteiger charge is 2.17. The molecular weight excluding hydrogens is 346 g/mol. The lowest BCUT2D eigenvalue weighted by atomic mass is 10.2. The molecule has 1 aliphatic rings. The first-order valence-electron chi connectivity index (χ1n) is 7.54. The second kappa shape index (κ2) is 7.00. The van der Waals surface area contributed by atoms with Crippen LogP contribution in [0.4, 0.5) is 0 Å². The lowest BCUT2D eigenvalue weighted by molar-refractivity contribution is -0.132. The fourth-order valence-corrected chi connectivity index (χ4v) is 2.83. The molecule has 0 unspecified atom stereocenters. The predicted molar refractivity (Wildman–Crippen MR) is 86.0 cm³/mol. The fourth-order valence-electron chi connectivity index (χ4n) is 2.57. The van der Waals surface area contributed by atoms with E-state index < -0.39 is 0 Å². The molecule has 1 aromatic carbocycles. The number of aromatic nitrogens is 4. The number of rotatable bonds is 3. The number of carbonyl (C=O) groups excluding carboxylic acids is 1. The van der Waals surface area contributed by atoms with Gasteiger partial charge in [0.2, 0.25) is 11.7 Å². The number of likely N-dealkylation sites (tertiary alicyclic amines) is 1. The Morgan fingerprint density at radius 2 is 1.77 bits per heavy atom. The molecule has 3 rings (SSSR count). The summed E-state index contributed by atoms with van der Waals surface area (Å²) in [6.07, 6.45) is 4.58. The molecule has 1 aromatic heterocycles. The number of carbonyl (C=O) groups is 1. The number of hydrogen-bond donors (Lipinski definition) is 0. The van der Waals surface area contributed by atoms with Crippen molar-refractivity contribution >= 4 is 21.8 Å². The number of amides is 1. The third kappa shape index (κ3) is 3.71. The van der Waals surface area contributed by atoms with E-state index in [0.717, 1.165) is 36.0 Å². The van der Waals surface area contributed by atoms with Crippen molar-refractivity contribution in [3.05, 3.63) is 28.7 Å². The Balaban J connectivity index is 1.66. The van der Waals surface area contributed by atoms with Gasteiger partial charge in [0.05, 0.1) is 0 Å². The first-order valence-corrected chi connectivity index (χ1v) is 8.33. The topological polar surface area (TPSA) is 63.9 Å². The summed E-state index contributed by atoms with van der Waals surface area (Å²) in [6.45, 7) is 1.84. The van der Waals surface area contributed by atoms with Crippen molar-refractivity contribution in [2.24, 2.45) is 0 Å². The summed E-state index contributed by atoms with van der Waals surface area (Å²) >= 11 is 3.39. The van der Waals surface area contributed by atoms with Crippen molar-refractivity contribution < 1.29 is 4.79 Å². The van der Waals surface area contributed by atoms with Crippen LogP contribution in [0.3, 0.4) is 0 Å². The summed E-state index contributed by atoms with van der Waals surface area (Å²) in [4.78, 5) is 15.6. The predicted octanol–water partition coefficient (Wildman–Crippen LogP) is 2.51. The molecule has 0 aliphatic carbocycles. The molecular formula is C15H18BrN5O. The molecule has 1 amide bonds. The summed E-state index contributed by atoms with van der Waals surface area (Å²) in [5.74, 6) is 0.609. The molecule has 0 radical (unpaired) electrons. The molecule has 0 N–H and O–H groups in total. The van der Waals surface area contributed by atoms with E-state index in [0.29, 0.717) is 5.82 Å². The summed E-state index contributed by atoms with van der Waals surface area (Å²) in [7, 11) is 0. The van der Waals surface area contributed by atoms with Gasteiger partial charge < -0.3 is 4.90 Å². The van der Waals surface area contributed by atoms with Gasteiger partial charge in [-0.1, -0.05) is 28.8 Å². The van der Waals surface area contributed by atoms with Gasteiger partial charge in [-0.15, -0.1) is 10.2 Å². The smallest absolute Gasteiger partial charge is 0.246 e. The average molecular weight is 364 g/mol. The highest BCUT2D eigenvalue weighted by atomic mass is 79.9.